The highest BCUT2D eigenvalue weighted by atomic mass is 33.1. The number of phenols is 2. The fraction of sp³-hybridized carbons (Fsp3) is 0.514. The smallest absolute Gasteiger partial charge is 0.200 e. The van der Waals surface area contributed by atoms with E-state index in [1.807, 2.05) is 39.8 Å². The summed E-state index contributed by atoms with van der Waals surface area (Å²) in [5.74, 6) is 2.25. The molecule has 1 saturated carbocycles. The van der Waals surface area contributed by atoms with Crippen LogP contribution in [0, 0.1) is 5.92 Å². The van der Waals surface area contributed by atoms with E-state index in [2.05, 4.69) is 6.92 Å². The minimum atomic E-state index is -1.19. The molecule has 0 aromatic heterocycles. The SMILES string of the molecule is COc1cc([C@@]23CC[C@@H]4SSCC[C@@H](C)CC[C@H]5c6cc(O)ccc6-c6c(OCCO)cc(c(c6[C@H]5CO)[C@H]4[C@H]2O)O3)cc(OC)c1O. The Morgan fingerprint density at radius 3 is 2.42 bits per heavy atom. The second-order valence-corrected chi connectivity index (χ2v) is 16.2. The van der Waals surface area contributed by atoms with Crippen molar-refractivity contribution < 1.29 is 44.5 Å². The van der Waals surface area contributed by atoms with Gasteiger partial charge in [-0.25, -0.2) is 0 Å². The number of aromatic hydroxyl groups is 2. The van der Waals surface area contributed by atoms with Crippen LogP contribution in [-0.4, -0.2) is 76.7 Å². The number of benzene rings is 3. The van der Waals surface area contributed by atoms with Gasteiger partial charge in [0.25, 0.3) is 0 Å². The molecule has 7 rings (SSSR count). The van der Waals surface area contributed by atoms with Gasteiger partial charge in [-0.2, -0.15) is 0 Å². The van der Waals surface area contributed by atoms with Crippen LogP contribution < -0.4 is 18.9 Å². The highest BCUT2D eigenvalue weighted by Gasteiger charge is 2.58. The van der Waals surface area contributed by atoms with Crippen molar-refractivity contribution in [1.29, 1.82) is 0 Å². The molecule has 4 bridgehead atoms. The van der Waals surface area contributed by atoms with E-state index in [9.17, 15) is 25.5 Å². The van der Waals surface area contributed by atoms with Crippen LogP contribution in [0.1, 0.15) is 79.0 Å². The molecule has 258 valence electrons. The average molecular weight is 697 g/mol. The summed E-state index contributed by atoms with van der Waals surface area (Å²) >= 11 is 0. The van der Waals surface area contributed by atoms with Crippen LogP contribution in [-0.2, 0) is 5.60 Å². The zero-order valence-corrected chi connectivity index (χ0v) is 29.1. The van der Waals surface area contributed by atoms with Crippen molar-refractivity contribution in [2.24, 2.45) is 5.92 Å². The third kappa shape index (κ3) is 5.37. The molecule has 9 nitrogen and oxygen atoms in total. The lowest BCUT2D eigenvalue weighted by Gasteiger charge is -2.54. The summed E-state index contributed by atoms with van der Waals surface area (Å²) in [6, 6.07) is 10.7. The topological polar surface area (TPSA) is 138 Å². The zero-order valence-electron chi connectivity index (χ0n) is 27.5. The molecular formula is C37H44O9S2. The molecule has 4 aliphatic rings. The van der Waals surface area contributed by atoms with Gasteiger partial charge in [0.1, 0.15) is 30.0 Å². The van der Waals surface area contributed by atoms with Crippen molar-refractivity contribution >= 4 is 21.6 Å². The third-order valence-corrected chi connectivity index (χ3v) is 13.9. The van der Waals surface area contributed by atoms with Crippen molar-refractivity contribution in [2.75, 3.05) is 39.8 Å². The average Bonchev–Trinajstić information content (AvgIpc) is 3.09. The first kappa shape index (κ1) is 33.5. The Labute approximate surface area is 289 Å². The molecule has 0 unspecified atom stereocenters. The van der Waals surface area contributed by atoms with Crippen molar-refractivity contribution in [3.63, 3.8) is 0 Å². The first-order valence-corrected chi connectivity index (χ1v) is 19.1. The molecule has 3 aromatic rings. The van der Waals surface area contributed by atoms with Crippen LogP contribution in [0.3, 0.4) is 0 Å². The Kier molecular flexibility index (Phi) is 9.36. The van der Waals surface area contributed by atoms with E-state index in [0.717, 1.165) is 59.3 Å². The van der Waals surface area contributed by atoms with Crippen LogP contribution in [0.5, 0.6) is 34.5 Å². The summed E-state index contributed by atoms with van der Waals surface area (Å²) in [6.07, 6.45) is 3.14. The molecule has 5 N–H and O–H groups in total. The number of hydrogen-bond donors (Lipinski definition) is 5. The fourth-order valence-corrected chi connectivity index (χ4v) is 11.7. The Morgan fingerprint density at radius 2 is 1.71 bits per heavy atom. The van der Waals surface area contributed by atoms with Crippen molar-refractivity contribution in [1.82, 2.24) is 0 Å². The summed E-state index contributed by atoms with van der Waals surface area (Å²) in [6.45, 7) is 2.02. The van der Waals surface area contributed by atoms with E-state index < -0.39 is 11.7 Å². The monoisotopic (exact) mass is 696 g/mol. The third-order valence-electron chi connectivity index (χ3n) is 10.9. The molecule has 2 aliphatic heterocycles. The predicted octanol–water partition coefficient (Wildman–Crippen LogP) is 6.42. The number of rotatable bonds is 7. The van der Waals surface area contributed by atoms with Gasteiger partial charge in [0.15, 0.2) is 17.1 Å². The molecule has 11 heteroatoms. The molecule has 2 heterocycles. The lowest BCUT2D eigenvalue weighted by Crippen LogP contribution is -2.57. The first-order valence-electron chi connectivity index (χ1n) is 16.8. The lowest BCUT2D eigenvalue weighted by atomic mass is 9.62. The van der Waals surface area contributed by atoms with Gasteiger partial charge in [-0.15, -0.1) is 0 Å². The van der Waals surface area contributed by atoms with Gasteiger partial charge in [-0.05, 0) is 78.5 Å². The highest BCUT2D eigenvalue weighted by Crippen LogP contribution is 2.64. The maximum atomic E-state index is 12.7. The summed E-state index contributed by atoms with van der Waals surface area (Å²) in [5, 5.41) is 55.3. The van der Waals surface area contributed by atoms with Crippen LogP contribution in [0.15, 0.2) is 36.4 Å². The molecular weight excluding hydrogens is 653 g/mol. The van der Waals surface area contributed by atoms with Gasteiger partial charge in [0, 0.05) is 45.6 Å². The van der Waals surface area contributed by atoms with E-state index in [0.29, 0.717) is 29.4 Å². The maximum Gasteiger partial charge on any atom is 0.200 e. The standard InChI is InChI=1S/C37H44O9S2/c1-19-4-6-22-24-16-21(40)5-7-23(24)31-26(45-12-11-38)17-27-33(32(31)25(22)18-39)34-30(48-47-13-9-19)8-10-37(46-27,36(34)42)20-14-28(43-2)35(41)29(15-20)44-3/h5,7,14-17,19,22,25,30,34,36,38-42H,4,6,8-13,18H2,1-3H3/t19-,22-,25-,30-,34-,36+,37-/m0/s1. The maximum absolute atomic E-state index is 12.7. The molecule has 0 saturated heterocycles. The molecule has 0 spiro atoms. The molecule has 48 heavy (non-hydrogen) atoms. The summed E-state index contributed by atoms with van der Waals surface area (Å²) in [5.41, 5.74) is 3.94. The number of aliphatic hydroxyl groups is 3. The van der Waals surface area contributed by atoms with E-state index in [4.69, 9.17) is 18.9 Å². The van der Waals surface area contributed by atoms with Gasteiger partial charge in [-0.3, -0.25) is 0 Å². The molecule has 0 amide bonds. The Hall–Kier alpha value is -2.96. The number of fused-ring (bicyclic) bond motifs is 5. The number of hydrogen-bond acceptors (Lipinski definition) is 11. The fourth-order valence-electron chi connectivity index (χ4n) is 8.55. The van der Waals surface area contributed by atoms with Crippen molar-refractivity contribution in [3.8, 4) is 45.6 Å². The largest absolute Gasteiger partial charge is 0.508 e. The summed E-state index contributed by atoms with van der Waals surface area (Å²) in [4.78, 5) is 0. The van der Waals surface area contributed by atoms with Crippen LogP contribution in [0.2, 0.25) is 0 Å². The number of ether oxygens (including phenoxy) is 4. The number of aliphatic hydroxyl groups excluding tert-OH is 3. The van der Waals surface area contributed by atoms with Crippen molar-refractivity contribution in [3.05, 3.63) is 58.7 Å². The summed E-state index contributed by atoms with van der Waals surface area (Å²) < 4.78 is 24.4. The minimum Gasteiger partial charge on any atom is -0.508 e. The van der Waals surface area contributed by atoms with Gasteiger partial charge in [0.05, 0.1) is 27.4 Å². The molecule has 2 aliphatic carbocycles. The highest BCUT2D eigenvalue weighted by molar-refractivity contribution is 8.76. The van der Waals surface area contributed by atoms with E-state index >= 15 is 0 Å². The molecule has 3 aromatic carbocycles. The van der Waals surface area contributed by atoms with Crippen molar-refractivity contribution in [2.45, 2.75) is 73.7 Å². The van der Waals surface area contributed by atoms with Crippen LogP contribution >= 0.6 is 21.6 Å². The van der Waals surface area contributed by atoms with Crippen LogP contribution in [0.25, 0.3) is 11.1 Å². The second kappa shape index (κ2) is 13.4. The van der Waals surface area contributed by atoms with Gasteiger partial charge < -0.3 is 44.5 Å². The Bertz CT molecular complexity index is 1660. The summed E-state index contributed by atoms with van der Waals surface area (Å²) in [7, 11) is 6.64. The zero-order chi connectivity index (χ0) is 33.7. The van der Waals surface area contributed by atoms with E-state index in [1.165, 1.54) is 14.2 Å². The van der Waals surface area contributed by atoms with E-state index in [-0.39, 0.29) is 65.8 Å². The first-order chi connectivity index (χ1) is 23.3. The molecule has 7 atom stereocenters. The van der Waals surface area contributed by atoms with Gasteiger partial charge in [-0.1, -0.05) is 41.0 Å². The quantitative estimate of drug-likeness (QED) is 0.175. The number of methoxy groups -OCH3 is 2. The lowest BCUT2D eigenvalue weighted by molar-refractivity contribution is -0.111. The van der Waals surface area contributed by atoms with Gasteiger partial charge in [0.2, 0.25) is 5.75 Å². The van der Waals surface area contributed by atoms with E-state index in [1.54, 1.807) is 18.2 Å². The Morgan fingerprint density at radius 1 is 0.938 bits per heavy atom. The molecule has 1 fully saturated rings. The van der Waals surface area contributed by atoms with Gasteiger partial charge >= 0.3 is 0 Å². The van der Waals surface area contributed by atoms with Crippen LogP contribution in [0.4, 0.5) is 0 Å². The normalized spacial score (nSPS) is 29.0. The number of phenolic OH excluding ortho intramolecular Hbond substituents is 2. The molecule has 0 radical (unpaired) electrons. The predicted molar refractivity (Wildman–Crippen MR) is 187 cm³/mol. The minimum absolute atomic E-state index is 0.0464. The second-order valence-electron chi connectivity index (χ2n) is 13.5. The Balaban J connectivity index is 1.52.